The van der Waals surface area contributed by atoms with Crippen LogP contribution in [0.5, 0.6) is 5.75 Å². The number of rotatable bonds is 4. The summed E-state index contributed by atoms with van der Waals surface area (Å²) in [5.74, 6) is -1.69. The molecule has 0 atom stereocenters. The van der Waals surface area contributed by atoms with Gasteiger partial charge in [0.15, 0.2) is 11.6 Å². The number of hydrogen-bond acceptors (Lipinski definition) is 4. The van der Waals surface area contributed by atoms with Crippen molar-refractivity contribution in [3.63, 3.8) is 0 Å². The predicted molar refractivity (Wildman–Crippen MR) is 95.5 cm³/mol. The van der Waals surface area contributed by atoms with Crippen LogP contribution in [0, 0.1) is 5.82 Å². The van der Waals surface area contributed by atoms with Crippen LogP contribution in [0.25, 0.3) is 11.3 Å². The zero-order valence-corrected chi connectivity index (χ0v) is 13.9. The van der Waals surface area contributed by atoms with E-state index in [9.17, 15) is 14.3 Å². The van der Waals surface area contributed by atoms with Gasteiger partial charge in [-0.05, 0) is 42.5 Å². The van der Waals surface area contributed by atoms with Gasteiger partial charge in [-0.1, -0.05) is 18.2 Å². The number of pyridine rings is 1. The maximum atomic E-state index is 13.2. The number of phenolic OH excluding ortho intramolecular Hbond substituents is 1. The highest BCUT2D eigenvalue weighted by molar-refractivity contribution is 6.08. The highest BCUT2D eigenvalue weighted by Gasteiger charge is 2.14. The first-order chi connectivity index (χ1) is 12.0. The van der Waals surface area contributed by atoms with Crippen molar-refractivity contribution in [3.05, 3.63) is 77.7 Å². The third kappa shape index (κ3) is 3.50. The van der Waals surface area contributed by atoms with E-state index >= 15 is 0 Å². The third-order valence-electron chi connectivity index (χ3n) is 3.85. The van der Waals surface area contributed by atoms with Crippen molar-refractivity contribution < 1.29 is 14.3 Å². The Hall–Kier alpha value is -3.21. The van der Waals surface area contributed by atoms with Crippen LogP contribution >= 0.6 is 0 Å². The van der Waals surface area contributed by atoms with E-state index in [1.165, 1.54) is 6.07 Å². The molecule has 3 rings (SSSR count). The SMILES string of the molecule is CN(C)c1cccc(-c2cccc(C(=O)c3ccc(F)c(O)c3)n2)c1. The van der Waals surface area contributed by atoms with E-state index in [0.29, 0.717) is 5.69 Å². The van der Waals surface area contributed by atoms with Crippen LogP contribution < -0.4 is 4.90 Å². The summed E-state index contributed by atoms with van der Waals surface area (Å²) in [4.78, 5) is 19.0. The second kappa shape index (κ2) is 6.73. The molecule has 1 aromatic heterocycles. The molecule has 0 spiro atoms. The van der Waals surface area contributed by atoms with E-state index in [2.05, 4.69) is 4.98 Å². The van der Waals surface area contributed by atoms with Crippen molar-refractivity contribution in [2.75, 3.05) is 19.0 Å². The smallest absolute Gasteiger partial charge is 0.211 e. The Morgan fingerprint density at radius 2 is 1.80 bits per heavy atom. The van der Waals surface area contributed by atoms with Gasteiger partial charge in [0, 0.05) is 30.9 Å². The summed E-state index contributed by atoms with van der Waals surface area (Å²) in [5.41, 5.74) is 3.01. The maximum Gasteiger partial charge on any atom is 0.211 e. The van der Waals surface area contributed by atoms with Gasteiger partial charge in [0.1, 0.15) is 5.69 Å². The normalized spacial score (nSPS) is 10.5. The molecule has 3 aromatic rings. The van der Waals surface area contributed by atoms with Crippen LogP contribution in [-0.2, 0) is 0 Å². The van der Waals surface area contributed by atoms with E-state index in [1.807, 2.05) is 49.3 Å². The molecule has 1 heterocycles. The number of ketones is 1. The van der Waals surface area contributed by atoms with Gasteiger partial charge >= 0.3 is 0 Å². The van der Waals surface area contributed by atoms with Gasteiger partial charge in [-0.25, -0.2) is 9.37 Å². The lowest BCUT2D eigenvalue weighted by molar-refractivity contribution is 0.103. The fraction of sp³-hybridized carbons (Fsp3) is 0.100. The number of phenols is 1. The van der Waals surface area contributed by atoms with Gasteiger partial charge in [0.25, 0.3) is 0 Å². The highest BCUT2D eigenvalue weighted by atomic mass is 19.1. The number of carbonyl (C=O) groups is 1. The van der Waals surface area contributed by atoms with Gasteiger partial charge in [-0.3, -0.25) is 4.79 Å². The summed E-state index contributed by atoms with van der Waals surface area (Å²) >= 11 is 0. The molecule has 0 saturated heterocycles. The summed E-state index contributed by atoms with van der Waals surface area (Å²) in [6.07, 6.45) is 0. The van der Waals surface area contributed by atoms with Crippen LogP contribution in [0.3, 0.4) is 0 Å². The standard InChI is InChI=1S/C20H17FN2O2/c1-23(2)15-6-3-5-13(11-15)17-7-4-8-18(22-17)20(25)14-9-10-16(21)19(24)12-14/h3-12,24H,1-2H3. The number of nitrogens with zero attached hydrogens (tertiary/aromatic N) is 2. The molecule has 0 amide bonds. The molecule has 0 aliphatic rings. The summed E-state index contributed by atoms with van der Waals surface area (Å²) < 4.78 is 13.2. The zero-order chi connectivity index (χ0) is 18.0. The number of halogens is 1. The van der Waals surface area contributed by atoms with Gasteiger partial charge in [0.05, 0.1) is 5.69 Å². The molecular weight excluding hydrogens is 319 g/mol. The summed E-state index contributed by atoms with van der Waals surface area (Å²) in [6.45, 7) is 0. The Bertz CT molecular complexity index is 938. The van der Waals surface area contributed by atoms with Gasteiger partial charge in [-0.15, -0.1) is 0 Å². The molecule has 0 fully saturated rings. The largest absolute Gasteiger partial charge is 0.505 e. The topological polar surface area (TPSA) is 53.4 Å². The van der Waals surface area contributed by atoms with Gasteiger partial charge in [0.2, 0.25) is 5.78 Å². The Morgan fingerprint density at radius 3 is 2.52 bits per heavy atom. The zero-order valence-electron chi connectivity index (χ0n) is 13.9. The van der Waals surface area contributed by atoms with Crippen LogP contribution in [0.2, 0.25) is 0 Å². The molecule has 5 heteroatoms. The first-order valence-corrected chi connectivity index (χ1v) is 7.74. The molecule has 0 saturated carbocycles. The van der Waals surface area contributed by atoms with E-state index in [0.717, 1.165) is 23.4 Å². The minimum Gasteiger partial charge on any atom is -0.505 e. The average molecular weight is 336 g/mol. The van der Waals surface area contributed by atoms with Crippen LogP contribution in [0.1, 0.15) is 16.1 Å². The minimum absolute atomic E-state index is 0.186. The lowest BCUT2D eigenvalue weighted by atomic mass is 10.1. The molecule has 0 unspecified atom stereocenters. The molecule has 0 aliphatic carbocycles. The monoisotopic (exact) mass is 336 g/mol. The lowest BCUT2D eigenvalue weighted by Crippen LogP contribution is -2.08. The third-order valence-corrected chi connectivity index (χ3v) is 3.85. The number of anilines is 1. The number of hydrogen-bond donors (Lipinski definition) is 1. The van der Waals surface area contributed by atoms with Crippen LogP contribution in [0.15, 0.2) is 60.7 Å². The maximum absolute atomic E-state index is 13.2. The number of aromatic nitrogens is 1. The molecule has 1 N–H and O–H groups in total. The van der Waals surface area contributed by atoms with Crippen molar-refractivity contribution >= 4 is 11.5 Å². The van der Waals surface area contributed by atoms with E-state index in [-0.39, 0.29) is 17.0 Å². The second-order valence-corrected chi connectivity index (χ2v) is 5.85. The fourth-order valence-corrected chi connectivity index (χ4v) is 2.47. The first-order valence-electron chi connectivity index (χ1n) is 7.74. The van der Waals surface area contributed by atoms with Crippen LogP contribution in [0.4, 0.5) is 10.1 Å². The predicted octanol–water partition coefficient (Wildman–Crippen LogP) is 3.89. The molecule has 0 aliphatic heterocycles. The van der Waals surface area contributed by atoms with Gasteiger partial charge < -0.3 is 10.0 Å². The minimum atomic E-state index is -0.765. The fourth-order valence-electron chi connectivity index (χ4n) is 2.47. The van der Waals surface area contributed by atoms with Crippen molar-refractivity contribution in [2.24, 2.45) is 0 Å². The Labute approximate surface area is 145 Å². The summed E-state index contributed by atoms with van der Waals surface area (Å²) in [6, 6.07) is 16.5. The van der Waals surface area contributed by atoms with Crippen molar-refractivity contribution in [1.29, 1.82) is 0 Å². The van der Waals surface area contributed by atoms with E-state index in [1.54, 1.807) is 12.1 Å². The van der Waals surface area contributed by atoms with E-state index in [4.69, 9.17) is 0 Å². The average Bonchev–Trinajstić information content (AvgIpc) is 2.63. The lowest BCUT2D eigenvalue weighted by Gasteiger charge is -2.13. The molecule has 0 bridgehead atoms. The Balaban J connectivity index is 1.97. The number of benzene rings is 2. The first kappa shape index (κ1) is 16.6. The van der Waals surface area contributed by atoms with Crippen molar-refractivity contribution in [2.45, 2.75) is 0 Å². The molecular formula is C20H17FN2O2. The van der Waals surface area contributed by atoms with Crippen molar-refractivity contribution in [3.8, 4) is 17.0 Å². The quantitative estimate of drug-likeness (QED) is 0.735. The second-order valence-electron chi connectivity index (χ2n) is 5.85. The van der Waals surface area contributed by atoms with Gasteiger partial charge in [-0.2, -0.15) is 0 Å². The molecule has 0 radical (unpaired) electrons. The van der Waals surface area contributed by atoms with Crippen molar-refractivity contribution in [1.82, 2.24) is 4.98 Å². The molecule has 25 heavy (non-hydrogen) atoms. The highest BCUT2D eigenvalue weighted by Crippen LogP contribution is 2.24. The molecule has 4 nitrogen and oxygen atoms in total. The van der Waals surface area contributed by atoms with E-state index < -0.39 is 11.6 Å². The number of carbonyl (C=O) groups excluding carboxylic acids is 1. The number of aromatic hydroxyl groups is 1. The summed E-state index contributed by atoms with van der Waals surface area (Å²) in [7, 11) is 3.90. The van der Waals surface area contributed by atoms with Crippen LogP contribution in [-0.4, -0.2) is 30.0 Å². The Kier molecular flexibility index (Phi) is 4.48. The Morgan fingerprint density at radius 1 is 1.04 bits per heavy atom. The summed E-state index contributed by atoms with van der Waals surface area (Å²) in [5, 5.41) is 9.46. The molecule has 2 aromatic carbocycles. The molecule has 126 valence electrons.